The van der Waals surface area contributed by atoms with Gasteiger partial charge >= 0.3 is 0 Å². The number of anilines is 1. The molecule has 0 radical (unpaired) electrons. The molecule has 2 N–H and O–H groups in total. The van der Waals surface area contributed by atoms with Crippen molar-refractivity contribution in [3.8, 4) is 5.75 Å². The number of rotatable bonds is 3. The molecule has 2 nitrogen and oxygen atoms in total. The van der Waals surface area contributed by atoms with Gasteiger partial charge in [-0.1, -0.05) is 33.6 Å². The summed E-state index contributed by atoms with van der Waals surface area (Å²) in [5.41, 5.74) is 7.41. The van der Waals surface area contributed by atoms with Gasteiger partial charge in [0.05, 0.1) is 0 Å². The van der Waals surface area contributed by atoms with E-state index in [1.54, 1.807) is 12.1 Å². The highest BCUT2D eigenvalue weighted by Gasteiger charge is 2.02. The van der Waals surface area contributed by atoms with Crippen LogP contribution >= 0.6 is 27.5 Å². The van der Waals surface area contributed by atoms with Gasteiger partial charge in [-0.2, -0.15) is 0 Å². The van der Waals surface area contributed by atoms with Crippen LogP contribution in [0.1, 0.15) is 5.56 Å². The van der Waals surface area contributed by atoms with E-state index in [9.17, 15) is 0 Å². The van der Waals surface area contributed by atoms with E-state index in [1.165, 1.54) is 0 Å². The molecule has 0 heterocycles. The number of hydrogen-bond acceptors (Lipinski definition) is 2. The Morgan fingerprint density at radius 1 is 1.18 bits per heavy atom. The average molecular weight is 313 g/mol. The van der Waals surface area contributed by atoms with E-state index in [0.29, 0.717) is 17.3 Å². The number of ether oxygens (including phenoxy) is 1. The van der Waals surface area contributed by atoms with Crippen molar-refractivity contribution in [2.75, 3.05) is 5.73 Å². The van der Waals surface area contributed by atoms with E-state index in [0.717, 1.165) is 15.8 Å². The Balaban J connectivity index is 2.09. The highest BCUT2D eigenvalue weighted by molar-refractivity contribution is 9.10. The summed E-state index contributed by atoms with van der Waals surface area (Å²) in [6.07, 6.45) is 0. The van der Waals surface area contributed by atoms with Crippen LogP contribution in [0.4, 0.5) is 5.69 Å². The monoisotopic (exact) mass is 311 g/mol. The lowest BCUT2D eigenvalue weighted by molar-refractivity contribution is 0.307. The quantitative estimate of drug-likeness (QED) is 0.859. The van der Waals surface area contributed by atoms with Crippen molar-refractivity contribution in [2.24, 2.45) is 0 Å². The molecule has 0 saturated heterocycles. The summed E-state index contributed by atoms with van der Waals surface area (Å²) < 4.78 is 6.62. The maximum absolute atomic E-state index is 5.91. The van der Waals surface area contributed by atoms with E-state index in [2.05, 4.69) is 15.9 Å². The summed E-state index contributed by atoms with van der Waals surface area (Å²) in [6.45, 7) is 0.406. The fourth-order valence-corrected chi connectivity index (χ4v) is 1.99. The molecule has 0 aliphatic carbocycles. The Labute approximate surface area is 113 Å². The molecule has 88 valence electrons. The summed E-state index contributed by atoms with van der Waals surface area (Å²) in [7, 11) is 0. The van der Waals surface area contributed by atoms with Crippen LogP contribution in [0.3, 0.4) is 0 Å². The molecule has 0 aliphatic heterocycles. The molecule has 2 aromatic rings. The molecule has 4 heteroatoms. The minimum atomic E-state index is 0.406. The van der Waals surface area contributed by atoms with E-state index >= 15 is 0 Å². The minimum absolute atomic E-state index is 0.406. The van der Waals surface area contributed by atoms with Gasteiger partial charge in [0.15, 0.2) is 0 Å². The molecule has 2 rings (SSSR count). The van der Waals surface area contributed by atoms with Crippen molar-refractivity contribution in [3.05, 3.63) is 57.5 Å². The van der Waals surface area contributed by atoms with Crippen LogP contribution in [-0.2, 0) is 6.61 Å². The Morgan fingerprint density at radius 3 is 2.76 bits per heavy atom. The summed E-state index contributed by atoms with van der Waals surface area (Å²) >= 11 is 9.29. The van der Waals surface area contributed by atoms with Gasteiger partial charge in [0.25, 0.3) is 0 Å². The van der Waals surface area contributed by atoms with Gasteiger partial charge in [0.1, 0.15) is 12.4 Å². The Kier molecular flexibility index (Phi) is 3.92. The molecule has 0 spiro atoms. The van der Waals surface area contributed by atoms with Crippen molar-refractivity contribution in [2.45, 2.75) is 6.61 Å². The van der Waals surface area contributed by atoms with Crippen molar-refractivity contribution in [3.63, 3.8) is 0 Å². The maximum atomic E-state index is 5.91. The second kappa shape index (κ2) is 5.43. The lowest BCUT2D eigenvalue weighted by atomic mass is 10.2. The van der Waals surface area contributed by atoms with E-state index in [1.807, 2.05) is 30.3 Å². The molecule has 2 aromatic carbocycles. The maximum Gasteiger partial charge on any atom is 0.120 e. The molecule has 0 saturated carbocycles. The molecule has 0 aromatic heterocycles. The van der Waals surface area contributed by atoms with Gasteiger partial charge in [-0.25, -0.2) is 0 Å². The highest BCUT2D eigenvalue weighted by atomic mass is 79.9. The minimum Gasteiger partial charge on any atom is -0.489 e. The average Bonchev–Trinajstić information content (AvgIpc) is 2.30. The van der Waals surface area contributed by atoms with E-state index in [-0.39, 0.29) is 0 Å². The second-order valence-corrected chi connectivity index (χ2v) is 4.94. The summed E-state index contributed by atoms with van der Waals surface area (Å²) in [5.74, 6) is 0.791. The van der Waals surface area contributed by atoms with Crippen LogP contribution in [0.5, 0.6) is 5.75 Å². The first-order valence-corrected chi connectivity index (χ1v) is 6.24. The summed E-state index contributed by atoms with van der Waals surface area (Å²) in [6, 6.07) is 13.0. The molecular weight excluding hydrogens is 302 g/mol. The molecule has 0 atom stereocenters. The van der Waals surface area contributed by atoms with Crippen LogP contribution in [-0.4, -0.2) is 0 Å². The third-order valence-electron chi connectivity index (χ3n) is 2.30. The molecule has 17 heavy (non-hydrogen) atoms. The predicted octanol–water partition coefficient (Wildman–Crippen LogP) is 4.26. The molecule has 0 fully saturated rings. The van der Waals surface area contributed by atoms with Crippen LogP contribution in [0, 0.1) is 0 Å². The molecule has 0 unspecified atom stereocenters. The van der Waals surface area contributed by atoms with Crippen LogP contribution in [0.25, 0.3) is 0 Å². The van der Waals surface area contributed by atoms with E-state index < -0.39 is 0 Å². The highest BCUT2D eigenvalue weighted by Crippen LogP contribution is 2.22. The van der Waals surface area contributed by atoms with Gasteiger partial charge in [-0.3, -0.25) is 0 Å². The number of nitrogens with two attached hydrogens (primary N) is 1. The lowest BCUT2D eigenvalue weighted by Gasteiger charge is -2.09. The summed E-state index contributed by atoms with van der Waals surface area (Å²) in [4.78, 5) is 0. The SMILES string of the molecule is Nc1ccc(Cl)cc1COc1cccc(Br)c1. The van der Waals surface area contributed by atoms with Crippen LogP contribution in [0.2, 0.25) is 5.02 Å². The molecule has 0 aliphatic rings. The standard InChI is InChI=1S/C13H11BrClNO/c14-10-2-1-3-12(7-10)17-8-9-6-11(15)4-5-13(9)16/h1-7H,8,16H2. The predicted molar refractivity (Wildman–Crippen MR) is 74.3 cm³/mol. The number of benzene rings is 2. The molecular formula is C13H11BrClNO. The van der Waals surface area contributed by atoms with Gasteiger partial charge in [-0.15, -0.1) is 0 Å². The number of halogens is 2. The Hall–Kier alpha value is -1.19. The first kappa shape index (κ1) is 12.3. The number of nitrogen functional groups attached to an aromatic ring is 1. The Morgan fingerprint density at radius 2 is 2.00 bits per heavy atom. The van der Waals surface area contributed by atoms with Crippen molar-refractivity contribution < 1.29 is 4.74 Å². The van der Waals surface area contributed by atoms with Crippen LogP contribution in [0.15, 0.2) is 46.9 Å². The lowest BCUT2D eigenvalue weighted by Crippen LogP contribution is -2.00. The zero-order chi connectivity index (χ0) is 12.3. The Bertz CT molecular complexity index is 531. The first-order valence-electron chi connectivity index (χ1n) is 5.07. The van der Waals surface area contributed by atoms with Crippen molar-refractivity contribution in [1.29, 1.82) is 0 Å². The third kappa shape index (κ3) is 3.38. The first-order chi connectivity index (χ1) is 8.15. The number of hydrogen-bond donors (Lipinski definition) is 1. The summed E-state index contributed by atoms with van der Waals surface area (Å²) in [5, 5.41) is 0.659. The van der Waals surface area contributed by atoms with E-state index in [4.69, 9.17) is 22.1 Å². The normalized spacial score (nSPS) is 10.2. The zero-order valence-corrected chi connectivity index (χ0v) is 11.3. The van der Waals surface area contributed by atoms with Gasteiger partial charge in [0.2, 0.25) is 0 Å². The van der Waals surface area contributed by atoms with Crippen LogP contribution < -0.4 is 10.5 Å². The van der Waals surface area contributed by atoms with Crippen molar-refractivity contribution in [1.82, 2.24) is 0 Å². The molecule has 0 bridgehead atoms. The second-order valence-electron chi connectivity index (χ2n) is 3.59. The topological polar surface area (TPSA) is 35.2 Å². The third-order valence-corrected chi connectivity index (χ3v) is 3.02. The van der Waals surface area contributed by atoms with Crippen molar-refractivity contribution >= 4 is 33.2 Å². The smallest absolute Gasteiger partial charge is 0.120 e. The molecule has 0 amide bonds. The zero-order valence-electron chi connectivity index (χ0n) is 8.99. The largest absolute Gasteiger partial charge is 0.489 e. The van der Waals surface area contributed by atoms with Gasteiger partial charge < -0.3 is 10.5 Å². The van der Waals surface area contributed by atoms with Gasteiger partial charge in [-0.05, 0) is 36.4 Å². The fraction of sp³-hybridized carbons (Fsp3) is 0.0769. The fourth-order valence-electron chi connectivity index (χ4n) is 1.42. The van der Waals surface area contributed by atoms with Gasteiger partial charge in [0, 0.05) is 20.7 Å².